The molecule has 17 heavy (non-hydrogen) atoms. The van der Waals surface area contributed by atoms with E-state index in [4.69, 9.17) is 0 Å². The van der Waals surface area contributed by atoms with Gasteiger partial charge in [0.15, 0.2) is 0 Å². The van der Waals surface area contributed by atoms with Crippen LogP contribution in [-0.2, 0) is 6.42 Å². The Balaban J connectivity index is 0.00000144. The van der Waals surface area contributed by atoms with Crippen molar-refractivity contribution >= 4 is 24.2 Å². The molecule has 0 saturated heterocycles. The standard InChI is InChI=1S/C14H15NS.ClH/c1-12-7-8-13(11-15-12)9-10-16-14-5-3-2-4-6-14;/h2-8,11H,9-10H2,1H3;1H. The van der Waals surface area contributed by atoms with Gasteiger partial charge in [0, 0.05) is 22.5 Å². The van der Waals surface area contributed by atoms with Crippen molar-refractivity contribution in [3.8, 4) is 0 Å². The van der Waals surface area contributed by atoms with E-state index in [-0.39, 0.29) is 12.4 Å². The molecule has 0 aliphatic heterocycles. The summed E-state index contributed by atoms with van der Waals surface area (Å²) in [6.45, 7) is 2.02. The number of aromatic nitrogens is 1. The van der Waals surface area contributed by atoms with Crippen LogP contribution in [0.3, 0.4) is 0 Å². The molecule has 2 aromatic rings. The Hall–Kier alpha value is -0.990. The highest BCUT2D eigenvalue weighted by Crippen LogP contribution is 2.18. The predicted molar refractivity (Wildman–Crippen MR) is 77.1 cm³/mol. The molecule has 0 fully saturated rings. The quantitative estimate of drug-likeness (QED) is 0.771. The summed E-state index contributed by atoms with van der Waals surface area (Å²) >= 11 is 1.89. The summed E-state index contributed by atoms with van der Waals surface area (Å²) in [5.41, 5.74) is 2.40. The molecular weight excluding hydrogens is 250 g/mol. The van der Waals surface area contributed by atoms with E-state index in [0.29, 0.717) is 0 Å². The second-order valence-corrected chi connectivity index (χ2v) is 4.89. The highest BCUT2D eigenvalue weighted by molar-refractivity contribution is 7.99. The van der Waals surface area contributed by atoms with Crippen LogP contribution in [0.2, 0.25) is 0 Å². The number of hydrogen-bond acceptors (Lipinski definition) is 2. The van der Waals surface area contributed by atoms with Gasteiger partial charge in [-0.3, -0.25) is 4.98 Å². The van der Waals surface area contributed by atoms with Gasteiger partial charge in [0.1, 0.15) is 0 Å². The van der Waals surface area contributed by atoms with Gasteiger partial charge in [0.25, 0.3) is 0 Å². The van der Waals surface area contributed by atoms with Crippen LogP contribution in [0.25, 0.3) is 0 Å². The third kappa shape index (κ3) is 4.80. The van der Waals surface area contributed by atoms with Crippen molar-refractivity contribution in [1.82, 2.24) is 4.98 Å². The zero-order valence-electron chi connectivity index (χ0n) is 9.80. The van der Waals surface area contributed by atoms with Crippen molar-refractivity contribution in [2.45, 2.75) is 18.2 Å². The zero-order chi connectivity index (χ0) is 11.2. The number of rotatable bonds is 4. The summed E-state index contributed by atoms with van der Waals surface area (Å²) in [7, 11) is 0. The lowest BCUT2D eigenvalue weighted by Gasteiger charge is -2.02. The lowest BCUT2D eigenvalue weighted by Crippen LogP contribution is -1.90. The van der Waals surface area contributed by atoms with E-state index in [1.807, 2.05) is 30.9 Å². The number of benzene rings is 1. The first kappa shape index (κ1) is 14.1. The van der Waals surface area contributed by atoms with E-state index < -0.39 is 0 Å². The highest BCUT2D eigenvalue weighted by atomic mass is 35.5. The maximum Gasteiger partial charge on any atom is 0.0372 e. The second kappa shape index (κ2) is 7.36. The minimum absolute atomic E-state index is 0. The number of hydrogen-bond donors (Lipinski definition) is 0. The Bertz CT molecular complexity index is 428. The average molecular weight is 266 g/mol. The summed E-state index contributed by atoms with van der Waals surface area (Å²) in [6.07, 6.45) is 3.05. The van der Waals surface area contributed by atoms with Gasteiger partial charge in [-0.15, -0.1) is 24.2 Å². The number of pyridine rings is 1. The second-order valence-electron chi connectivity index (χ2n) is 3.72. The van der Waals surface area contributed by atoms with Gasteiger partial charge in [0.2, 0.25) is 0 Å². The minimum atomic E-state index is 0. The van der Waals surface area contributed by atoms with Crippen molar-refractivity contribution in [1.29, 1.82) is 0 Å². The third-order valence-electron chi connectivity index (χ3n) is 2.38. The molecule has 1 aromatic heterocycles. The fourth-order valence-electron chi connectivity index (χ4n) is 1.45. The van der Waals surface area contributed by atoms with Crippen LogP contribution in [0.15, 0.2) is 53.6 Å². The van der Waals surface area contributed by atoms with Gasteiger partial charge in [-0.1, -0.05) is 24.3 Å². The first-order valence-electron chi connectivity index (χ1n) is 5.44. The van der Waals surface area contributed by atoms with Gasteiger partial charge in [-0.2, -0.15) is 0 Å². The maximum atomic E-state index is 4.30. The minimum Gasteiger partial charge on any atom is -0.261 e. The van der Waals surface area contributed by atoms with Crippen LogP contribution in [-0.4, -0.2) is 10.7 Å². The van der Waals surface area contributed by atoms with Crippen LogP contribution < -0.4 is 0 Å². The van der Waals surface area contributed by atoms with Crippen molar-refractivity contribution in [3.05, 3.63) is 59.9 Å². The number of aryl methyl sites for hydroxylation is 2. The van der Waals surface area contributed by atoms with Crippen LogP contribution in [0.1, 0.15) is 11.3 Å². The van der Waals surface area contributed by atoms with Crippen LogP contribution in [0, 0.1) is 6.92 Å². The van der Waals surface area contributed by atoms with E-state index >= 15 is 0 Å². The Morgan fingerprint density at radius 3 is 2.47 bits per heavy atom. The largest absolute Gasteiger partial charge is 0.261 e. The van der Waals surface area contributed by atoms with Crippen molar-refractivity contribution in [3.63, 3.8) is 0 Å². The molecule has 0 atom stereocenters. The summed E-state index contributed by atoms with van der Waals surface area (Å²) in [5.74, 6) is 1.11. The molecule has 3 heteroatoms. The Morgan fingerprint density at radius 2 is 1.82 bits per heavy atom. The molecule has 0 aliphatic rings. The molecule has 2 rings (SSSR count). The number of halogens is 1. The molecule has 0 spiro atoms. The normalized spacial score (nSPS) is 9.71. The molecule has 0 saturated carbocycles. The smallest absolute Gasteiger partial charge is 0.0372 e. The predicted octanol–water partition coefficient (Wildman–Crippen LogP) is 4.15. The van der Waals surface area contributed by atoms with Crippen LogP contribution in [0.4, 0.5) is 0 Å². The van der Waals surface area contributed by atoms with Crippen molar-refractivity contribution in [2.75, 3.05) is 5.75 Å². The number of thioether (sulfide) groups is 1. The average Bonchev–Trinajstić information content (AvgIpc) is 2.33. The molecular formula is C14H16ClNS. The van der Waals surface area contributed by atoms with E-state index in [0.717, 1.165) is 17.9 Å². The lowest BCUT2D eigenvalue weighted by molar-refractivity contribution is 1.09. The zero-order valence-corrected chi connectivity index (χ0v) is 11.4. The van der Waals surface area contributed by atoms with E-state index in [2.05, 4.69) is 41.4 Å². The van der Waals surface area contributed by atoms with Gasteiger partial charge in [-0.25, -0.2) is 0 Å². The fourth-order valence-corrected chi connectivity index (χ4v) is 2.37. The van der Waals surface area contributed by atoms with E-state index in [1.54, 1.807) is 0 Å². The maximum absolute atomic E-state index is 4.30. The first-order chi connectivity index (χ1) is 7.84. The first-order valence-corrected chi connectivity index (χ1v) is 6.42. The van der Waals surface area contributed by atoms with E-state index in [1.165, 1.54) is 10.5 Å². The Morgan fingerprint density at radius 1 is 1.06 bits per heavy atom. The molecule has 1 heterocycles. The summed E-state index contributed by atoms with van der Waals surface area (Å²) < 4.78 is 0. The summed E-state index contributed by atoms with van der Waals surface area (Å²) in [5, 5.41) is 0. The highest BCUT2D eigenvalue weighted by Gasteiger charge is 1.95. The topological polar surface area (TPSA) is 12.9 Å². The van der Waals surface area contributed by atoms with E-state index in [9.17, 15) is 0 Å². The monoisotopic (exact) mass is 265 g/mol. The van der Waals surface area contributed by atoms with Gasteiger partial charge in [-0.05, 0) is 37.1 Å². The van der Waals surface area contributed by atoms with Crippen molar-refractivity contribution in [2.24, 2.45) is 0 Å². The van der Waals surface area contributed by atoms with Gasteiger partial charge in [0.05, 0.1) is 0 Å². The molecule has 1 aromatic carbocycles. The number of nitrogens with zero attached hydrogens (tertiary/aromatic N) is 1. The molecule has 0 N–H and O–H groups in total. The van der Waals surface area contributed by atoms with Gasteiger partial charge < -0.3 is 0 Å². The third-order valence-corrected chi connectivity index (χ3v) is 3.39. The molecule has 0 unspecified atom stereocenters. The fraction of sp³-hybridized carbons (Fsp3) is 0.214. The lowest BCUT2D eigenvalue weighted by atomic mass is 10.2. The molecule has 0 bridgehead atoms. The van der Waals surface area contributed by atoms with Crippen LogP contribution >= 0.6 is 24.2 Å². The van der Waals surface area contributed by atoms with Crippen LogP contribution in [0.5, 0.6) is 0 Å². The summed E-state index contributed by atoms with van der Waals surface area (Å²) in [6, 6.07) is 14.7. The van der Waals surface area contributed by atoms with Crippen molar-refractivity contribution < 1.29 is 0 Å². The molecule has 0 aliphatic carbocycles. The molecule has 0 radical (unpaired) electrons. The molecule has 0 amide bonds. The Labute approximate surface area is 113 Å². The summed E-state index contributed by atoms with van der Waals surface area (Å²) in [4.78, 5) is 5.63. The Kier molecular flexibility index (Phi) is 6.09. The van der Waals surface area contributed by atoms with Gasteiger partial charge >= 0.3 is 0 Å². The molecule has 90 valence electrons. The SMILES string of the molecule is Cc1ccc(CCSc2ccccc2)cn1.Cl. The molecule has 1 nitrogen and oxygen atoms in total.